The Kier molecular flexibility index (Phi) is 15.2. The van der Waals surface area contributed by atoms with Crippen molar-refractivity contribution in [2.45, 2.75) is 84.1 Å². The minimum absolute atomic E-state index is 0.0376. The number of carbonyl (C=O) groups is 6. The molecule has 7 N–H and O–H groups in total. The molecule has 0 unspecified atom stereocenters. The summed E-state index contributed by atoms with van der Waals surface area (Å²) in [4.78, 5) is 97.4. The molecule has 2 aromatic heterocycles. The summed E-state index contributed by atoms with van der Waals surface area (Å²) in [5, 5.41) is 17.9. The molecule has 4 aromatic rings. The maximum atomic E-state index is 14.4. The SMILES string of the molecule is CNc1ncc(C(=O)N2CC(=O)N[C@H](Cc3c[nH]c4ccccc34)C(=O)N[C@@H](CC(C)C)C(=O)N[C@@H](Cc3ccc(OC)cc3)C(=O)N[C@H](C)C(=O)N[C@@H](C(C)C)C2)cn1. The van der Waals surface area contributed by atoms with Crippen molar-refractivity contribution in [3.63, 3.8) is 0 Å². The number of methoxy groups -OCH3 is 1. The van der Waals surface area contributed by atoms with E-state index in [1.165, 1.54) is 31.3 Å². The number of aromatic nitrogens is 3. The summed E-state index contributed by atoms with van der Waals surface area (Å²) in [6, 6.07) is 9.31. The standard InChI is InChI=1S/C43H56N10O7/c1-24(2)16-33-40(57)51-34(17-27-12-14-30(60-7)15-13-27)39(56)48-26(5)38(55)52-36(25(3)4)22-53(42(59)29-20-46-43(44-6)47-21-29)23-37(54)49-35(41(58)50-33)18-28-19-45-32-11-9-8-10-31(28)32/h8-15,19-21,24-26,33-36,45H,16-18,22-23H2,1-7H3,(H,48,56)(H,49,54)(H,50,58)(H,51,57)(H,52,55)(H,44,46,47)/t26-,33+,34+,35-,36-/m1/s1. The first kappa shape index (κ1) is 44.6. The molecule has 1 fully saturated rings. The summed E-state index contributed by atoms with van der Waals surface area (Å²) in [6.07, 6.45) is 4.73. The lowest BCUT2D eigenvalue weighted by atomic mass is 9.99. The molecule has 6 amide bonds. The van der Waals surface area contributed by atoms with Crippen LogP contribution >= 0.6 is 0 Å². The molecule has 0 saturated carbocycles. The molecular weight excluding hydrogens is 769 g/mol. The van der Waals surface area contributed by atoms with E-state index in [1.54, 1.807) is 37.5 Å². The number of hydrogen-bond donors (Lipinski definition) is 7. The Morgan fingerprint density at radius 2 is 1.45 bits per heavy atom. The zero-order valence-corrected chi connectivity index (χ0v) is 35.1. The largest absolute Gasteiger partial charge is 0.497 e. The minimum atomic E-state index is -1.20. The molecule has 17 heteroatoms. The van der Waals surface area contributed by atoms with Crippen LogP contribution in [-0.2, 0) is 36.8 Å². The van der Waals surface area contributed by atoms with Crippen LogP contribution in [0.25, 0.3) is 10.9 Å². The summed E-state index contributed by atoms with van der Waals surface area (Å²) in [6.45, 7) is 8.39. The van der Waals surface area contributed by atoms with E-state index >= 15 is 0 Å². The molecule has 5 rings (SSSR count). The number of benzene rings is 2. The summed E-state index contributed by atoms with van der Waals surface area (Å²) < 4.78 is 5.29. The molecule has 17 nitrogen and oxygen atoms in total. The highest BCUT2D eigenvalue weighted by molar-refractivity contribution is 5.98. The van der Waals surface area contributed by atoms with Crippen LogP contribution in [0.3, 0.4) is 0 Å². The van der Waals surface area contributed by atoms with Gasteiger partial charge in [0.05, 0.1) is 19.2 Å². The molecule has 3 heterocycles. The molecule has 60 heavy (non-hydrogen) atoms. The van der Waals surface area contributed by atoms with Crippen molar-refractivity contribution in [2.24, 2.45) is 11.8 Å². The van der Waals surface area contributed by atoms with Gasteiger partial charge in [-0.2, -0.15) is 0 Å². The second-order valence-corrected chi connectivity index (χ2v) is 15.8. The van der Waals surface area contributed by atoms with Crippen LogP contribution in [0.15, 0.2) is 67.1 Å². The maximum Gasteiger partial charge on any atom is 0.257 e. The van der Waals surface area contributed by atoms with Crippen LogP contribution < -0.4 is 36.6 Å². The lowest BCUT2D eigenvalue weighted by molar-refractivity contribution is -0.135. The fourth-order valence-corrected chi connectivity index (χ4v) is 6.91. The molecule has 320 valence electrons. The Hall–Kier alpha value is -6.52. The van der Waals surface area contributed by atoms with Crippen molar-refractivity contribution in [3.8, 4) is 5.75 Å². The molecule has 5 atom stereocenters. The maximum absolute atomic E-state index is 14.4. The van der Waals surface area contributed by atoms with E-state index in [0.717, 1.165) is 16.5 Å². The number of hydrogen-bond acceptors (Lipinski definition) is 10. The number of H-pyrrole nitrogens is 1. The van der Waals surface area contributed by atoms with Gasteiger partial charge in [-0.3, -0.25) is 28.8 Å². The third-order valence-corrected chi connectivity index (χ3v) is 10.4. The van der Waals surface area contributed by atoms with Gasteiger partial charge in [0.25, 0.3) is 5.91 Å². The third-order valence-electron chi connectivity index (χ3n) is 10.4. The van der Waals surface area contributed by atoms with Gasteiger partial charge in [0.2, 0.25) is 35.5 Å². The van der Waals surface area contributed by atoms with E-state index in [1.807, 2.05) is 52.0 Å². The highest BCUT2D eigenvalue weighted by Gasteiger charge is 2.34. The molecule has 0 spiro atoms. The van der Waals surface area contributed by atoms with E-state index in [-0.39, 0.29) is 49.2 Å². The van der Waals surface area contributed by atoms with E-state index in [0.29, 0.717) is 11.3 Å². The molecular formula is C43H56N10O7. The fourth-order valence-electron chi connectivity index (χ4n) is 6.91. The highest BCUT2D eigenvalue weighted by Crippen LogP contribution is 2.20. The van der Waals surface area contributed by atoms with Crippen LogP contribution in [-0.4, -0.2) is 113 Å². The van der Waals surface area contributed by atoms with Crippen molar-refractivity contribution in [1.82, 2.24) is 46.4 Å². The van der Waals surface area contributed by atoms with Crippen LogP contribution in [0.4, 0.5) is 5.95 Å². The molecule has 0 bridgehead atoms. The quantitative estimate of drug-likeness (QED) is 0.123. The minimum Gasteiger partial charge on any atom is -0.497 e. The monoisotopic (exact) mass is 824 g/mol. The molecule has 1 saturated heterocycles. The van der Waals surface area contributed by atoms with Crippen LogP contribution in [0.2, 0.25) is 0 Å². The number of aromatic amines is 1. The lowest BCUT2D eigenvalue weighted by Crippen LogP contribution is -2.60. The Labute approximate surface area is 349 Å². The van der Waals surface area contributed by atoms with E-state index in [2.05, 4.69) is 46.9 Å². The molecule has 0 radical (unpaired) electrons. The zero-order chi connectivity index (χ0) is 43.5. The van der Waals surface area contributed by atoms with Crippen molar-refractivity contribution in [3.05, 3.63) is 83.8 Å². The number of ether oxygens (including phenoxy) is 1. The van der Waals surface area contributed by atoms with Gasteiger partial charge < -0.3 is 46.5 Å². The number of para-hydroxylation sites is 1. The van der Waals surface area contributed by atoms with Crippen LogP contribution in [0.5, 0.6) is 5.75 Å². The average Bonchev–Trinajstić information content (AvgIpc) is 3.64. The van der Waals surface area contributed by atoms with Gasteiger partial charge in [0.1, 0.15) is 29.9 Å². The predicted molar refractivity (Wildman–Crippen MR) is 226 cm³/mol. The zero-order valence-electron chi connectivity index (χ0n) is 35.1. The van der Waals surface area contributed by atoms with Crippen molar-refractivity contribution >= 4 is 52.3 Å². The summed E-state index contributed by atoms with van der Waals surface area (Å²) >= 11 is 0. The number of nitrogens with one attached hydrogen (secondary N) is 7. The van der Waals surface area contributed by atoms with Gasteiger partial charge in [0.15, 0.2) is 0 Å². The van der Waals surface area contributed by atoms with Crippen molar-refractivity contribution in [2.75, 3.05) is 32.6 Å². The van der Waals surface area contributed by atoms with Gasteiger partial charge in [0, 0.05) is 62.0 Å². The fraction of sp³-hybridized carbons (Fsp3) is 0.442. The number of anilines is 1. The Morgan fingerprint density at radius 3 is 2.10 bits per heavy atom. The number of rotatable bonds is 10. The van der Waals surface area contributed by atoms with Gasteiger partial charge in [-0.05, 0) is 54.5 Å². The summed E-state index contributed by atoms with van der Waals surface area (Å²) in [5.41, 5.74) is 2.37. The molecule has 1 aliphatic rings. The first-order valence-electron chi connectivity index (χ1n) is 20.1. The first-order valence-corrected chi connectivity index (χ1v) is 20.1. The number of fused-ring (bicyclic) bond motifs is 1. The number of nitrogens with zero attached hydrogens (tertiary/aromatic N) is 3. The highest BCUT2D eigenvalue weighted by atomic mass is 16.5. The average molecular weight is 825 g/mol. The van der Waals surface area contributed by atoms with Gasteiger partial charge in [-0.15, -0.1) is 0 Å². The van der Waals surface area contributed by atoms with Gasteiger partial charge >= 0.3 is 0 Å². The summed E-state index contributed by atoms with van der Waals surface area (Å²) in [5.74, 6) is -3.09. The molecule has 2 aromatic carbocycles. The van der Waals surface area contributed by atoms with E-state index < -0.39 is 72.2 Å². The number of amides is 6. The molecule has 0 aliphatic carbocycles. The van der Waals surface area contributed by atoms with Crippen molar-refractivity contribution < 1.29 is 33.5 Å². The van der Waals surface area contributed by atoms with Gasteiger partial charge in [-0.1, -0.05) is 58.0 Å². The topological polar surface area (TPSA) is 229 Å². The van der Waals surface area contributed by atoms with Crippen LogP contribution in [0, 0.1) is 11.8 Å². The van der Waals surface area contributed by atoms with E-state index in [9.17, 15) is 28.8 Å². The Bertz CT molecular complexity index is 2140. The third kappa shape index (κ3) is 11.8. The van der Waals surface area contributed by atoms with E-state index in [4.69, 9.17) is 4.74 Å². The predicted octanol–water partition coefficient (Wildman–Crippen LogP) is 2.10. The summed E-state index contributed by atoms with van der Waals surface area (Å²) in [7, 11) is 3.18. The first-order chi connectivity index (χ1) is 28.6. The van der Waals surface area contributed by atoms with Gasteiger partial charge in [-0.25, -0.2) is 9.97 Å². The second-order valence-electron chi connectivity index (χ2n) is 15.8. The normalized spacial score (nSPS) is 21.3. The smallest absolute Gasteiger partial charge is 0.257 e. The molecule has 1 aliphatic heterocycles. The Balaban J connectivity index is 1.55. The lowest BCUT2D eigenvalue weighted by Gasteiger charge is -2.32. The van der Waals surface area contributed by atoms with Crippen molar-refractivity contribution in [1.29, 1.82) is 0 Å². The Morgan fingerprint density at radius 1 is 0.817 bits per heavy atom. The van der Waals surface area contributed by atoms with Crippen LogP contribution in [0.1, 0.15) is 62.5 Å². The second kappa shape index (κ2) is 20.4. The number of carbonyl (C=O) groups excluding carboxylic acids is 6.